The van der Waals surface area contributed by atoms with Gasteiger partial charge in [0.2, 0.25) is 0 Å². The van der Waals surface area contributed by atoms with Crippen molar-refractivity contribution < 1.29 is 9.53 Å². The van der Waals surface area contributed by atoms with Crippen LogP contribution in [0.3, 0.4) is 0 Å². The molecule has 27 heavy (non-hydrogen) atoms. The summed E-state index contributed by atoms with van der Waals surface area (Å²) in [6.45, 7) is 6.72. The van der Waals surface area contributed by atoms with Gasteiger partial charge in [0.25, 0.3) is 5.91 Å². The number of anilines is 1. The van der Waals surface area contributed by atoms with Crippen molar-refractivity contribution in [2.45, 2.75) is 33.2 Å². The SMILES string of the molecule is Cc1cc(NC(=O)COc2cccc(C(C)C)c2)n(Cc2ccccc2)n1. The van der Waals surface area contributed by atoms with Crippen LogP contribution in [0.2, 0.25) is 0 Å². The van der Waals surface area contributed by atoms with Gasteiger partial charge in [0.15, 0.2) is 6.61 Å². The Balaban J connectivity index is 1.62. The zero-order chi connectivity index (χ0) is 19.2. The largest absolute Gasteiger partial charge is 0.484 e. The number of carbonyl (C=O) groups is 1. The molecule has 1 amide bonds. The van der Waals surface area contributed by atoms with Crippen LogP contribution in [-0.2, 0) is 11.3 Å². The molecule has 0 radical (unpaired) electrons. The van der Waals surface area contributed by atoms with Crippen LogP contribution in [0.5, 0.6) is 5.75 Å². The van der Waals surface area contributed by atoms with Crippen LogP contribution in [0.15, 0.2) is 60.7 Å². The van der Waals surface area contributed by atoms with E-state index in [4.69, 9.17) is 4.74 Å². The summed E-state index contributed by atoms with van der Waals surface area (Å²) in [5.74, 6) is 1.57. The van der Waals surface area contributed by atoms with Gasteiger partial charge >= 0.3 is 0 Å². The molecule has 1 aromatic heterocycles. The van der Waals surface area contributed by atoms with Gasteiger partial charge in [0.05, 0.1) is 12.2 Å². The van der Waals surface area contributed by atoms with Crippen LogP contribution >= 0.6 is 0 Å². The molecule has 0 atom stereocenters. The molecule has 0 saturated carbocycles. The molecule has 0 bridgehead atoms. The standard InChI is InChI=1S/C22H25N3O2/c1-16(2)19-10-7-11-20(13-19)27-15-22(26)23-21-12-17(3)24-25(21)14-18-8-5-4-6-9-18/h4-13,16H,14-15H2,1-3H3,(H,23,26). The third-order valence-corrected chi connectivity index (χ3v) is 4.24. The minimum Gasteiger partial charge on any atom is -0.484 e. The van der Waals surface area contributed by atoms with Gasteiger partial charge in [-0.05, 0) is 36.1 Å². The number of hydrogen-bond acceptors (Lipinski definition) is 3. The molecule has 140 valence electrons. The number of nitrogens with zero attached hydrogens (tertiary/aromatic N) is 2. The summed E-state index contributed by atoms with van der Waals surface area (Å²) in [7, 11) is 0. The predicted octanol–water partition coefficient (Wildman–Crippen LogP) is 4.38. The molecule has 5 nitrogen and oxygen atoms in total. The normalized spacial score (nSPS) is 10.8. The molecule has 0 aliphatic carbocycles. The first-order chi connectivity index (χ1) is 13.0. The molecule has 0 unspecified atom stereocenters. The molecule has 0 spiro atoms. The fourth-order valence-electron chi connectivity index (χ4n) is 2.81. The van der Waals surface area contributed by atoms with Crippen LogP contribution in [0.1, 0.15) is 36.6 Å². The Hall–Kier alpha value is -3.08. The van der Waals surface area contributed by atoms with E-state index >= 15 is 0 Å². The molecule has 3 rings (SSSR count). The number of aryl methyl sites for hydroxylation is 1. The Morgan fingerprint density at radius 3 is 2.63 bits per heavy atom. The van der Waals surface area contributed by atoms with Crippen LogP contribution in [-0.4, -0.2) is 22.3 Å². The fourth-order valence-corrected chi connectivity index (χ4v) is 2.81. The summed E-state index contributed by atoms with van der Waals surface area (Å²) in [4.78, 5) is 12.3. The van der Waals surface area contributed by atoms with Crippen molar-refractivity contribution in [2.75, 3.05) is 11.9 Å². The van der Waals surface area contributed by atoms with Gasteiger partial charge in [-0.1, -0.05) is 56.3 Å². The first-order valence-electron chi connectivity index (χ1n) is 9.12. The van der Waals surface area contributed by atoms with Crippen molar-refractivity contribution in [1.82, 2.24) is 9.78 Å². The summed E-state index contributed by atoms with van der Waals surface area (Å²) in [5, 5.41) is 7.37. The van der Waals surface area contributed by atoms with Gasteiger partial charge < -0.3 is 10.1 Å². The third kappa shape index (κ3) is 5.20. The van der Waals surface area contributed by atoms with E-state index in [1.807, 2.05) is 61.5 Å². The number of hydrogen-bond donors (Lipinski definition) is 1. The summed E-state index contributed by atoms with van der Waals surface area (Å²) in [6, 6.07) is 19.7. The van der Waals surface area contributed by atoms with Crippen LogP contribution < -0.4 is 10.1 Å². The topological polar surface area (TPSA) is 56.1 Å². The number of nitrogens with one attached hydrogen (secondary N) is 1. The molecule has 0 aliphatic heterocycles. The lowest BCUT2D eigenvalue weighted by atomic mass is 10.0. The molecule has 0 aliphatic rings. The van der Waals surface area contributed by atoms with Crippen LogP contribution in [0, 0.1) is 6.92 Å². The Morgan fingerprint density at radius 2 is 1.89 bits per heavy atom. The lowest BCUT2D eigenvalue weighted by Gasteiger charge is -2.11. The number of ether oxygens (including phenoxy) is 1. The maximum absolute atomic E-state index is 12.3. The highest BCUT2D eigenvalue weighted by Gasteiger charge is 2.11. The number of rotatable bonds is 7. The average Bonchev–Trinajstić information content (AvgIpc) is 3.00. The Labute approximate surface area is 160 Å². The van der Waals surface area contributed by atoms with Crippen LogP contribution in [0.4, 0.5) is 5.82 Å². The molecule has 1 N–H and O–H groups in total. The number of benzene rings is 2. The first-order valence-corrected chi connectivity index (χ1v) is 9.12. The monoisotopic (exact) mass is 363 g/mol. The van der Waals surface area contributed by atoms with Crippen molar-refractivity contribution in [3.63, 3.8) is 0 Å². The number of amides is 1. The maximum Gasteiger partial charge on any atom is 0.263 e. The van der Waals surface area contributed by atoms with Gasteiger partial charge in [-0.3, -0.25) is 4.79 Å². The summed E-state index contributed by atoms with van der Waals surface area (Å²) in [6.07, 6.45) is 0. The lowest BCUT2D eigenvalue weighted by Crippen LogP contribution is -2.22. The van der Waals surface area contributed by atoms with E-state index in [1.165, 1.54) is 5.56 Å². The quantitative estimate of drug-likeness (QED) is 0.678. The molecule has 3 aromatic rings. The van der Waals surface area contributed by atoms with E-state index in [2.05, 4.69) is 30.3 Å². The Kier molecular flexibility index (Phi) is 5.91. The molecule has 5 heteroatoms. The first kappa shape index (κ1) is 18.7. The molecule has 1 heterocycles. The summed E-state index contributed by atoms with van der Waals surface area (Å²) >= 11 is 0. The second kappa shape index (κ2) is 8.54. The minimum absolute atomic E-state index is 0.0445. The van der Waals surface area contributed by atoms with Gasteiger partial charge in [0.1, 0.15) is 11.6 Å². The van der Waals surface area contributed by atoms with E-state index in [-0.39, 0.29) is 12.5 Å². The van der Waals surface area contributed by atoms with Crippen LogP contribution in [0.25, 0.3) is 0 Å². The van der Waals surface area contributed by atoms with Gasteiger partial charge in [-0.2, -0.15) is 5.10 Å². The van der Waals surface area contributed by atoms with E-state index in [1.54, 1.807) is 4.68 Å². The van der Waals surface area contributed by atoms with Crippen molar-refractivity contribution in [3.8, 4) is 5.75 Å². The van der Waals surface area contributed by atoms with E-state index < -0.39 is 0 Å². The fraction of sp³-hybridized carbons (Fsp3) is 0.273. The molecular formula is C22H25N3O2. The maximum atomic E-state index is 12.3. The zero-order valence-electron chi connectivity index (χ0n) is 16.0. The Bertz CT molecular complexity index is 901. The van der Waals surface area contributed by atoms with Crippen molar-refractivity contribution in [2.24, 2.45) is 0 Å². The highest BCUT2D eigenvalue weighted by Crippen LogP contribution is 2.20. The molecule has 0 fully saturated rings. The van der Waals surface area contributed by atoms with Gasteiger partial charge in [-0.15, -0.1) is 0 Å². The Morgan fingerprint density at radius 1 is 1.11 bits per heavy atom. The summed E-state index contributed by atoms with van der Waals surface area (Å²) in [5.41, 5.74) is 3.16. The second-order valence-electron chi connectivity index (χ2n) is 6.88. The average molecular weight is 363 g/mol. The van der Waals surface area contributed by atoms with E-state index in [9.17, 15) is 4.79 Å². The molecule has 0 saturated heterocycles. The lowest BCUT2D eigenvalue weighted by molar-refractivity contribution is -0.118. The summed E-state index contributed by atoms with van der Waals surface area (Å²) < 4.78 is 7.45. The molecular weight excluding hydrogens is 338 g/mol. The van der Waals surface area contributed by atoms with E-state index in [0.717, 1.165) is 11.3 Å². The predicted molar refractivity (Wildman–Crippen MR) is 107 cm³/mol. The van der Waals surface area contributed by atoms with Gasteiger partial charge in [0, 0.05) is 6.07 Å². The second-order valence-corrected chi connectivity index (χ2v) is 6.88. The van der Waals surface area contributed by atoms with E-state index in [0.29, 0.717) is 24.0 Å². The molecule has 2 aromatic carbocycles. The van der Waals surface area contributed by atoms with Gasteiger partial charge in [-0.25, -0.2) is 4.68 Å². The number of aromatic nitrogens is 2. The van der Waals surface area contributed by atoms with Crippen molar-refractivity contribution in [3.05, 3.63) is 77.5 Å². The smallest absolute Gasteiger partial charge is 0.263 e. The number of carbonyl (C=O) groups excluding carboxylic acids is 1. The van der Waals surface area contributed by atoms with Crippen molar-refractivity contribution in [1.29, 1.82) is 0 Å². The zero-order valence-corrected chi connectivity index (χ0v) is 16.0. The highest BCUT2D eigenvalue weighted by molar-refractivity contribution is 5.91. The highest BCUT2D eigenvalue weighted by atomic mass is 16.5. The minimum atomic E-state index is -0.209. The third-order valence-electron chi connectivity index (χ3n) is 4.24. The van der Waals surface area contributed by atoms with Crippen molar-refractivity contribution >= 4 is 11.7 Å².